The van der Waals surface area contributed by atoms with Crippen LogP contribution in [-0.2, 0) is 0 Å². The summed E-state index contributed by atoms with van der Waals surface area (Å²) < 4.78 is 10.5. The fourth-order valence-corrected chi connectivity index (χ4v) is 2.95. The lowest BCUT2D eigenvalue weighted by atomic mass is 10.1. The van der Waals surface area contributed by atoms with Crippen molar-refractivity contribution in [3.05, 3.63) is 59.5 Å². The van der Waals surface area contributed by atoms with E-state index in [9.17, 15) is 4.79 Å². The molecule has 0 bridgehead atoms. The highest BCUT2D eigenvalue weighted by Gasteiger charge is 2.12. The fraction of sp³-hybridized carbons (Fsp3) is 0.111. The Balaban J connectivity index is 1.80. The Labute approximate surface area is 143 Å². The van der Waals surface area contributed by atoms with Gasteiger partial charge in [-0.3, -0.25) is 10.1 Å². The topological polar surface area (TPSA) is 60.5 Å². The summed E-state index contributed by atoms with van der Waals surface area (Å²) in [5, 5.41) is 5.23. The largest absolute Gasteiger partial charge is 0.497 e. The van der Waals surface area contributed by atoms with Crippen LogP contribution >= 0.6 is 11.3 Å². The number of nitrogens with zero attached hydrogens (tertiary/aromatic N) is 1. The summed E-state index contributed by atoms with van der Waals surface area (Å²) in [6.07, 6.45) is 0. The Hall–Kier alpha value is -2.86. The predicted octanol–water partition coefficient (Wildman–Crippen LogP) is 4.08. The molecule has 3 rings (SSSR count). The SMILES string of the molecule is COc1cccc(C(=O)Nc2nc(-c3ccccc3OC)cs2)c1. The molecule has 122 valence electrons. The Bertz CT molecular complexity index is 861. The average molecular weight is 340 g/mol. The molecule has 0 spiro atoms. The highest BCUT2D eigenvalue weighted by molar-refractivity contribution is 7.14. The molecule has 0 aliphatic heterocycles. The summed E-state index contributed by atoms with van der Waals surface area (Å²) in [5.41, 5.74) is 2.17. The van der Waals surface area contributed by atoms with Crippen LogP contribution in [0.5, 0.6) is 11.5 Å². The fourth-order valence-electron chi connectivity index (χ4n) is 2.24. The van der Waals surface area contributed by atoms with Crippen molar-refractivity contribution >= 4 is 22.4 Å². The summed E-state index contributed by atoms with van der Waals surface area (Å²) in [6, 6.07) is 14.6. The van der Waals surface area contributed by atoms with Crippen LogP contribution < -0.4 is 14.8 Å². The number of aromatic nitrogens is 1. The summed E-state index contributed by atoms with van der Waals surface area (Å²) >= 11 is 1.37. The summed E-state index contributed by atoms with van der Waals surface area (Å²) in [5.74, 6) is 1.15. The van der Waals surface area contributed by atoms with Gasteiger partial charge in [0, 0.05) is 16.5 Å². The molecule has 0 aliphatic rings. The van der Waals surface area contributed by atoms with Gasteiger partial charge in [-0.05, 0) is 30.3 Å². The molecule has 24 heavy (non-hydrogen) atoms. The number of benzene rings is 2. The van der Waals surface area contributed by atoms with Crippen LogP contribution in [0, 0.1) is 0 Å². The molecular formula is C18H16N2O3S. The normalized spacial score (nSPS) is 10.2. The first-order valence-electron chi connectivity index (χ1n) is 7.25. The second kappa shape index (κ2) is 7.14. The number of ether oxygens (including phenoxy) is 2. The molecule has 2 aromatic carbocycles. The van der Waals surface area contributed by atoms with Gasteiger partial charge in [-0.1, -0.05) is 18.2 Å². The minimum Gasteiger partial charge on any atom is -0.497 e. The third-order valence-corrected chi connectivity index (χ3v) is 4.20. The summed E-state index contributed by atoms with van der Waals surface area (Å²) in [4.78, 5) is 16.8. The van der Waals surface area contributed by atoms with Gasteiger partial charge in [-0.25, -0.2) is 4.98 Å². The van der Waals surface area contributed by atoms with E-state index in [1.165, 1.54) is 11.3 Å². The molecule has 3 aromatic rings. The van der Waals surface area contributed by atoms with Gasteiger partial charge in [-0.15, -0.1) is 11.3 Å². The van der Waals surface area contributed by atoms with Crippen molar-refractivity contribution in [2.24, 2.45) is 0 Å². The van der Waals surface area contributed by atoms with E-state index in [4.69, 9.17) is 9.47 Å². The number of thiazole rings is 1. The van der Waals surface area contributed by atoms with E-state index in [0.29, 0.717) is 16.4 Å². The molecule has 0 aliphatic carbocycles. The quantitative estimate of drug-likeness (QED) is 0.760. The van der Waals surface area contributed by atoms with Gasteiger partial charge in [0.2, 0.25) is 0 Å². The van der Waals surface area contributed by atoms with Crippen molar-refractivity contribution < 1.29 is 14.3 Å². The lowest BCUT2D eigenvalue weighted by Gasteiger charge is -2.05. The van der Waals surface area contributed by atoms with E-state index < -0.39 is 0 Å². The van der Waals surface area contributed by atoms with Crippen LogP contribution in [0.1, 0.15) is 10.4 Å². The molecule has 1 aromatic heterocycles. The van der Waals surface area contributed by atoms with Gasteiger partial charge in [-0.2, -0.15) is 0 Å². The first-order chi connectivity index (χ1) is 11.7. The molecule has 0 unspecified atom stereocenters. The number of anilines is 1. The maximum Gasteiger partial charge on any atom is 0.257 e. The van der Waals surface area contributed by atoms with Crippen LogP contribution in [0.3, 0.4) is 0 Å². The van der Waals surface area contributed by atoms with Crippen molar-refractivity contribution in [2.45, 2.75) is 0 Å². The first-order valence-corrected chi connectivity index (χ1v) is 8.13. The predicted molar refractivity (Wildman–Crippen MR) is 95.0 cm³/mol. The Morgan fingerprint density at radius 1 is 1.08 bits per heavy atom. The Morgan fingerprint density at radius 3 is 2.71 bits per heavy atom. The highest BCUT2D eigenvalue weighted by atomic mass is 32.1. The summed E-state index contributed by atoms with van der Waals surface area (Å²) in [6.45, 7) is 0. The first kappa shape index (κ1) is 16.0. The number of hydrogen-bond donors (Lipinski definition) is 1. The third kappa shape index (κ3) is 3.38. The van der Waals surface area contributed by atoms with E-state index in [1.54, 1.807) is 38.5 Å². The van der Waals surface area contributed by atoms with Gasteiger partial charge in [0.05, 0.1) is 19.9 Å². The molecule has 1 amide bonds. The molecule has 1 N–H and O–H groups in total. The number of nitrogens with one attached hydrogen (secondary N) is 1. The van der Waals surface area contributed by atoms with Gasteiger partial charge in [0.1, 0.15) is 11.5 Å². The van der Waals surface area contributed by atoms with Gasteiger partial charge >= 0.3 is 0 Å². The zero-order valence-electron chi connectivity index (χ0n) is 13.3. The number of amides is 1. The second-order valence-corrected chi connectivity index (χ2v) is 5.78. The number of para-hydroxylation sites is 1. The molecule has 0 saturated carbocycles. The third-order valence-electron chi connectivity index (χ3n) is 3.44. The lowest BCUT2D eigenvalue weighted by Crippen LogP contribution is -2.11. The van der Waals surface area contributed by atoms with Crippen molar-refractivity contribution in [3.63, 3.8) is 0 Å². The van der Waals surface area contributed by atoms with E-state index in [0.717, 1.165) is 17.0 Å². The van der Waals surface area contributed by atoms with Gasteiger partial charge in [0.25, 0.3) is 5.91 Å². The monoisotopic (exact) mass is 340 g/mol. The van der Waals surface area contributed by atoms with Crippen LogP contribution in [0.15, 0.2) is 53.9 Å². The smallest absolute Gasteiger partial charge is 0.257 e. The molecule has 6 heteroatoms. The van der Waals surface area contributed by atoms with E-state index in [2.05, 4.69) is 10.3 Å². The van der Waals surface area contributed by atoms with Crippen molar-refractivity contribution in [1.29, 1.82) is 0 Å². The van der Waals surface area contributed by atoms with Gasteiger partial charge < -0.3 is 9.47 Å². The number of rotatable bonds is 5. The van der Waals surface area contributed by atoms with Crippen molar-refractivity contribution in [3.8, 4) is 22.8 Å². The molecule has 0 fully saturated rings. The zero-order valence-corrected chi connectivity index (χ0v) is 14.1. The van der Waals surface area contributed by atoms with Gasteiger partial charge in [0.15, 0.2) is 5.13 Å². The minimum absolute atomic E-state index is 0.227. The summed E-state index contributed by atoms with van der Waals surface area (Å²) in [7, 11) is 3.19. The number of carbonyl (C=O) groups is 1. The van der Waals surface area contributed by atoms with Crippen LogP contribution in [-0.4, -0.2) is 25.1 Å². The van der Waals surface area contributed by atoms with Crippen LogP contribution in [0.2, 0.25) is 0 Å². The molecular weight excluding hydrogens is 324 g/mol. The molecule has 0 saturated heterocycles. The molecule has 1 heterocycles. The van der Waals surface area contributed by atoms with Crippen molar-refractivity contribution in [2.75, 3.05) is 19.5 Å². The Kier molecular flexibility index (Phi) is 4.77. The maximum atomic E-state index is 12.3. The van der Waals surface area contributed by atoms with E-state index in [-0.39, 0.29) is 5.91 Å². The second-order valence-electron chi connectivity index (χ2n) is 4.92. The van der Waals surface area contributed by atoms with Crippen LogP contribution in [0.4, 0.5) is 5.13 Å². The van der Waals surface area contributed by atoms with E-state index in [1.807, 2.05) is 29.6 Å². The lowest BCUT2D eigenvalue weighted by molar-refractivity contribution is 0.102. The molecule has 0 atom stereocenters. The van der Waals surface area contributed by atoms with Crippen LogP contribution in [0.25, 0.3) is 11.3 Å². The molecule has 5 nitrogen and oxygen atoms in total. The standard InChI is InChI=1S/C18H16N2O3S/c1-22-13-7-5-6-12(10-13)17(21)20-18-19-15(11-24-18)14-8-3-4-9-16(14)23-2/h3-11H,1-2H3,(H,19,20,21). The minimum atomic E-state index is -0.227. The highest BCUT2D eigenvalue weighted by Crippen LogP contribution is 2.32. The van der Waals surface area contributed by atoms with E-state index >= 15 is 0 Å². The van der Waals surface area contributed by atoms with Crippen molar-refractivity contribution in [1.82, 2.24) is 4.98 Å². The average Bonchev–Trinajstić information content (AvgIpc) is 3.10. The molecule has 0 radical (unpaired) electrons. The number of carbonyl (C=O) groups excluding carboxylic acids is 1. The Morgan fingerprint density at radius 2 is 1.92 bits per heavy atom. The number of methoxy groups -OCH3 is 2. The maximum absolute atomic E-state index is 12.3. The zero-order chi connectivity index (χ0) is 16.9. The number of hydrogen-bond acceptors (Lipinski definition) is 5.